The van der Waals surface area contributed by atoms with Crippen molar-refractivity contribution in [1.82, 2.24) is 15.3 Å². The molecule has 0 spiro atoms. The zero-order valence-electron chi connectivity index (χ0n) is 16.2. The number of aryl methyl sites for hydroxylation is 1. The van der Waals surface area contributed by atoms with Crippen molar-refractivity contribution in [3.63, 3.8) is 0 Å². The summed E-state index contributed by atoms with van der Waals surface area (Å²) in [6.07, 6.45) is -0.954. The van der Waals surface area contributed by atoms with Crippen LogP contribution in [0.2, 0.25) is 0 Å². The fraction of sp³-hybridized carbons (Fsp3) is 0.450. The van der Waals surface area contributed by atoms with Crippen molar-refractivity contribution >= 4 is 17.7 Å². The van der Waals surface area contributed by atoms with Crippen LogP contribution in [0.15, 0.2) is 30.3 Å². The number of carbonyl (C=O) groups excluding carboxylic acids is 1. The van der Waals surface area contributed by atoms with Crippen molar-refractivity contribution in [3.05, 3.63) is 47.2 Å². The van der Waals surface area contributed by atoms with Crippen LogP contribution in [-0.4, -0.2) is 42.1 Å². The Balaban J connectivity index is 1.53. The van der Waals surface area contributed by atoms with Crippen LogP contribution in [0.4, 0.5) is 24.9 Å². The molecule has 2 aromatic rings. The van der Waals surface area contributed by atoms with Gasteiger partial charge in [0.15, 0.2) is 0 Å². The number of halogens is 3. The van der Waals surface area contributed by atoms with Crippen LogP contribution in [0.25, 0.3) is 0 Å². The Morgan fingerprint density at radius 1 is 1.10 bits per heavy atom. The Morgan fingerprint density at radius 2 is 1.86 bits per heavy atom. The molecule has 0 saturated carbocycles. The Kier molecular flexibility index (Phi) is 6.56. The number of hydrogen-bond acceptors (Lipinski definition) is 5. The van der Waals surface area contributed by atoms with Gasteiger partial charge in [-0.3, -0.25) is 4.79 Å². The maximum absolute atomic E-state index is 12.8. The molecule has 9 heteroatoms. The van der Waals surface area contributed by atoms with E-state index in [9.17, 15) is 18.0 Å². The average Bonchev–Trinajstić information content (AvgIpc) is 2.71. The molecule has 29 heavy (non-hydrogen) atoms. The lowest BCUT2D eigenvalue weighted by Crippen LogP contribution is -2.31. The Hall–Kier alpha value is -2.84. The molecule has 0 radical (unpaired) electrons. The number of anilines is 2. The minimum Gasteiger partial charge on any atom is -0.356 e. The van der Waals surface area contributed by atoms with Gasteiger partial charge in [-0.05, 0) is 44.4 Å². The van der Waals surface area contributed by atoms with Gasteiger partial charge in [0, 0.05) is 43.5 Å². The first-order valence-electron chi connectivity index (χ1n) is 9.63. The number of nitrogens with one attached hydrogen (secondary N) is 2. The number of alkyl halides is 3. The largest absolute Gasteiger partial charge is 0.416 e. The Bertz CT molecular complexity index is 850. The summed E-state index contributed by atoms with van der Waals surface area (Å²) in [5.41, 5.74) is -0.0308. The zero-order valence-corrected chi connectivity index (χ0v) is 16.2. The quantitative estimate of drug-likeness (QED) is 0.716. The van der Waals surface area contributed by atoms with Gasteiger partial charge in [0.2, 0.25) is 5.95 Å². The van der Waals surface area contributed by atoms with Gasteiger partial charge in [-0.1, -0.05) is 6.07 Å². The second-order valence-electron chi connectivity index (χ2n) is 7.00. The van der Waals surface area contributed by atoms with Crippen LogP contribution in [0, 0.1) is 6.92 Å². The molecule has 6 nitrogen and oxygen atoms in total. The first-order valence-corrected chi connectivity index (χ1v) is 9.63. The normalized spacial score (nSPS) is 14.6. The van der Waals surface area contributed by atoms with Crippen molar-refractivity contribution in [2.24, 2.45) is 0 Å². The molecule has 1 amide bonds. The molecule has 3 rings (SSSR count). The summed E-state index contributed by atoms with van der Waals surface area (Å²) in [7, 11) is 0. The van der Waals surface area contributed by atoms with Crippen LogP contribution in [0.5, 0.6) is 0 Å². The van der Waals surface area contributed by atoms with Crippen molar-refractivity contribution in [3.8, 4) is 0 Å². The third kappa shape index (κ3) is 5.82. The molecule has 0 bridgehead atoms. The van der Waals surface area contributed by atoms with E-state index in [0.717, 1.165) is 49.6 Å². The molecule has 0 aliphatic carbocycles. The summed E-state index contributed by atoms with van der Waals surface area (Å²) in [6, 6.07) is 6.31. The maximum Gasteiger partial charge on any atom is 0.416 e. The lowest BCUT2D eigenvalue weighted by atomic mass is 10.1. The van der Waals surface area contributed by atoms with E-state index < -0.39 is 17.6 Å². The lowest BCUT2D eigenvalue weighted by Gasteiger charge is -2.28. The predicted octanol–water partition coefficient (Wildman–Crippen LogP) is 3.64. The first-order chi connectivity index (χ1) is 13.8. The number of rotatable bonds is 6. The fourth-order valence-corrected chi connectivity index (χ4v) is 3.21. The second-order valence-corrected chi connectivity index (χ2v) is 7.00. The number of hydrogen-bond donors (Lipinski definition) is 2. The van der Waals surface area contributed by atoms with Gasteiger partial charge in [-0.2, -0.15) is 18.2 Å². The van der Waals surface area contributed by atoms with Crippen molar-refractivity contribution in [2.45, 2.75) is 32.4 Å². The van der Waals surface area contributed by atoms with Gasteiger partial charge in [0.05, 0.1) is 5.56 Å². The average molecular weight is 407 g/mol. The summed E-state index contributed by atoms with van der Waals surface area (Å²) < 4.78 is 38.3. The van der Waals surface area contributed by atoms with Crippen molar-refractivity contribution in [1.29, 1.82) is 0 Å². The molecule has 0 atom stereocenters. The van der Waals surface area contributed by atoms with Crippen molar-refractivity contribution < 1.29 is 18.0 Å². The molecule has 1 aliphatic rings. The molecule has 2 heterocycles. The van der Waals surface area contributed by atoms with Gasteiger partial charge < -0.3 is 15.5 Å². The zero-order chi connectivity index (χ0) is 20.9. The van der Waals surface area contributed by atoms with Gasteiger partial charge in [-0.25, -0.2) is 4.98 Å². The summed E-state index contributed by atoms with van der Waals surface area (Å²) in [5, 5.41) is 5.67. The van der Waals surface area contributed by atoms with Crippen LogP contribution in [0.1, 0.15) is 40.9 Å². The Labute approximate surface area is 167 Å². The van der Waals surface area contributed by atoms with Gasteiger partial charge >= 0.3 is 6.18 Å². The molecular formula is C20H24F3N5O. The second kappa shape index (κ2) is 9.11. The van der Waals surface area contributed by atoms with Gasteiger partial charge in [-0.15, -0.1) is 0 Å². The number of piperidine rings is 1. The highest BCUT2D eigenvalue weighted by Gasteiger charge is 2.30. The monoisotopic (exact) mass is 407 g/mol. The molecule has 1 aliphatic heterocycles. The van der Waals surface area contributed by atoms with E-state index in [1.165, 1.54) is 18.6 Å². The van der Waals surface area contributed by atoms with E-state index in [2.05, 4.69) is 25.5 Å². The van der Waals surface area contributed by atoms with Crippen LogP contribution in [0.3, 0.4) is 0 Å². The van der Waals surface area contributed by atoms with Crippen LogP contribution in [-0.2, 0) is 6.18 Å². The van der Waals surface area contributed by atoms with E-state index in [1.54, 1.807) is 0 Å². The predicted molar refractivity (Wildman–Crippen MR) is 105 cm³/mol. The third-order valence-electron chi connectivity index (χ3n) is 4.67. The topological polar surface area (TPSA) is 70.2 Å². The van der Waals surface area contributed by atoms with Gasteiger partial charge in [0.25, 0.3) is 5.91 Å². The minimum atomic E-state index is -4.48. The van der Waals surface area contributed by atoms with Gasteiger partial charge in [0.1, 0.15) is 5.82 Å². The molecule has 156 valence electrons. The van der Waals surface area contributed by atoms with E-state index in [4.69, 9.17) is 0 Å². The third-order valence-corrected chi connectivity index (χ3v) is 4.67. The SMILES string of the molecule is Cc1cc(N2CCCCC2)nc(NCCNC(=O)c2cccc(C(F)(F)F)c2)n1. The summed E-state index contributed by atoms with van der Waals surface area (Å²) in [6.45, 7) is 4.43. The highest BCUT2D eigenvalue weighted by atomic mass is 19.4. The molecular weight excluding hydrogens is 383 g/mol. The number of carbonyl (C=O) groups is 1. The summed E-state index contributed by atoms with van der Waals surface area (Å²) in [5.74, 6) is 0.795. The maximum atomic E-state index is 12.8. The summed E-state index contributed by atoms with van der Waals surface area (Å²) in [4.78, 5) is 23.2. The van der Waals surface area contributed by atoms with E-state index in [1.807, 2.05) is 13.0 Å². The molecule has 0 unspecified atom stereocenters. The van der Waals surface area contributed by atoms with E-state index in [0.29, 0.717) is 12.5 Å². The molecule has 1 saturated heterocycles. The first kappa shape index (κ1) is 20.9. The molecule has 1 aromatic heterocycles. The standard InChI is InChI=1S/C20H24F3N5O/c1-14-12-17(28-10-3-2-4-11-28)27-19(26-14)25-9-8-24-18(29)15-6-5-7-16(13-15)20(21,22)23/h5-7,12-13H,2-4,8-11H2,1H3,(H,24,29)(H,25,26,27). The van der Waals surface area contributed by atoms with Crippen LogP contribution < -0.4 is 15.5 Å². The lowest BCUT2D eigenvalue weighted by molar-refractivity contribution is -0.137. The number of amides is 1. The number of nitrogens with zero attached hydrogens (tertiary/aromatic N) is 3. The molecule has 1 fully saturated rings. The van der Waals surface area contributed by atoms with E-state index in [-0.39, 0.29) is 12.1 Å². The molecule has 2 N–H and O–H groups in total. The highest BCUT2D eigenvalue weighted by Crippen LogP contribution is 2.29. The van der Waals surface area contributed by atoms with Crippen LogP contribution >= 0.6 is 0 Å². The minimum absolute atomic E-state index is 0.0287. The fourth-order valence-electron chi connectivity index (χ4n) is 3.21. The molecule has 1 aromatic carbocycles. The highest BCUT2D eigenvalue weighted by molar-refractivity contribution is 5.94. The summed E-state index contributed by atoms with van der Waals surface area (Å²) >= 11 is 0. The van der Waals surface area contributed by atoms with E-state index >= 15 is 0 Å². The number of aromatic nitrogens is 2. The number of benzene rings is 1. The Morgan fingerprint density at radius 3 is 2.59 bits per heavy atom. The van der Waals surface area contributed by atoms with Crippen molar-refractivity contribution in [2.75, 3.05) is 36.4 Å². The smallest absolute Gasteiger partial charge is 0.356 e.